The van der Waals surface area contributed by atoms with Gasteiger partial charge in [-0.1, -0.05) is 102 Å². The molecule has 3 aliphatic rings. The Hall–Kier alpha value is -2.12. The Bertz CT molecular complexity index is 976. The maximum Gasteiger partial charge on any atom is 0.0717 e. The van der Waals surface area contributed by atoms with E-state index in [0.717, 1.165) is 0 Å². The van der Waals surface area contributed by atoms with Crippen LogP contribution in [-0.4, -0.2) is 8.07 Å². The Kier molecular flexibility index (Phi) is 4.83. The molecule has 0 radical (unpaired) electrons. The highest BCUT2D eigenvalue weighted by atomic mass is 28.3. The third kappa shape index (κ3) is 2.97. The fourth-order valence-corrected chi connectivity index (χ4v) is 11.3. The molecule has 1 heteroatoms. The van der Waals surface area contributed by atoms with Gasteiger partial charge in [-0.25, -0.2) is 0 Å². The molecule has 3 atom stereocenters. The fourth-order valence-electron chi connectivity index (χ4n) is 6.08. The van der Waals surface area contributed by atoms with Crippen molar-refractivity contribution in [2.75, 3.05) is 0 Å². The van der Waals surface area contributed by atoms with Gasteiger partial charge in [0.15, 0.2) is 0 Å². The molecule has 0 nitrogen and oxygen atoms in total. The van der Waals surface area contributed by atoms with E-state index in [1.165, 1.54) is 16.7 Å². The lowest BCUT2D eigenvalue weighted by Gasteiger charge is -2.40. The fraction of sp³-hybridized carbons (Fsp3) is 0.333. The molecule has 0 saturated heterocycles. The highest BCUT2D eigenvalue weighted by Crippen LogP contribution is 2.56. The van der Waals surface area contributed by atoms with E-state index < -0.39 is 8.07 Å². The van der Waals surface area contributed by atoms with Gasteiger partial charge in [0.25, 0.3) is 0 Å². The molecule has 0 saturated carbocycles. The topological polar surface area (TPSA) is 0 Å². The summed E-state index contributed by atoms with van der Waals surface area (Å²) in [5.41, 5.74) is 11.9. The van der Waals surface area contributed by atoms with Gasteiger partial charge in [0.1, 0.15) is 0 Å². The average molecular weight is 385 g/mol. The van der Waals surface area contributed by atoms with Crippen LogP contribution in [0, 0.1) is 0 Å². The van der Waals surface area contributed by atoms with E-state index in [4.69, 9.17) is 0 Å². The summed E-state index contributed by atoms with van der Waals surface area (Å²) >= 11 is 0. The van der Waals surface area contributed by atoms with Crippen LogP contribution in [0.4, 0.5) is 0 Å². The average Bonchev–Trinajstić information content (AvgIpc) is 3.02. The number of benzene rings is 1. The molecule has 0 amide bonds. The molecule has 0 heterocycles. The lowest BCUT2D eigenvalue weighted by molar-refractivity contribution is 0.980. The SMILES string of the molecule is CC1=CC(C)=C(C)C1[Si](C)(C)C1C(C)=CC2=C1C=CC=CC2c1ccccc1. The molecule has 0 fully saturated rings. The number of allylic oxidation sites excluding steroid dienone is 12. The van der Waals surface area contributed by atoms with Crippen LogP contribution >= 0.6 is 0 Å². The van der Waals surface area contributed by atoms with Crippen molar-refractivity contribution in [1.29, 1.82) is 0 Å². The Balaban J connectivity index is 1.81. The van der Waals surface area contributed by atoms with Gasteiger partial charge in [-0.15, -0.1) is 0 Å². The van der Waals surface area contributed by atoms with Crippen LogP contribution < -0.4 is 0 Å². The minimum Gasteiger partial charge on any atom is -0.0726 e. The summed E-state index contributed by atoms with van der Waals surface area (Å²) in [5, 5.41) is 0. The van der Waals surface area contributed by atoms with E-state index in [9.17, 15) is 0 Å². The molecule has 3 unspecified atom stereocenters. The van der Waals surface area contributed by atoms with Gasteiger partial charge in [-0.05, 0) is 49.9 Å². The quantitative estimate of drug-likeness (QED) is 0.465. The molecule has 0 aliphatic heterocycles. The van der Waals surface area contributed by atoms with Gasteiger partial charge in [-0.3, -0.25) is 0 Å². The first-order valence-corrected chi connectivity index (χ1v) is 13.7. The van der Waals surface area contributed by atoms with Crippen LogP contribution in [0.1, 0.15) is 39.2 Å². The molecule has 1 aromatic rings. The molecule has 0 spiro atoms. The van der Waals surface area contributed by atoms with Gasteiger partial charge in [0, 0.05) is 11.5 Å². The zero-order valence-corrected chi connectivity index (χ0v) is 19.1. The minimum absolute atomic E-state index is 0.356. The molecule has 0 N–H and O–H groups in total. The Morgan fingerprint density at radius 3 is 2.07 bits per heavy atom. The summed E-state index contributed by atoms with van der Waals surface area (Å²) < 4.78 is 0. The van der Waals surface area contributed by atoms with Crippen LogP contribution in [0.2, 0.25) is 24.2 Å². The van der Waals surface area contributed by atoms with E-state index in [0.29, 0.717) is 17.0 Å². The second kappa shape index (κ2) is 7.04. The molecule has 0 aromatic heterocycles. The highest BCUT2D eigenvalue weighted by molar-refractivity contribution is 6.83. The maximum atomic E-state index is 2.61. The van der Waals surface area contributed by atoms with Crippen LogP contribution in [0.3, 0.4) is 0 Å². The summed E-state index contributed by atoms with van der Waals surface area (Å²) in [6.45, 7) is 14.6. The first-order chi connectivity index (χ1) is 13.3. The van der Waals surface area contributed by atoms with E-state index in [1.54, 1.807) is 22.3 Å². The third-order valence-corrected chi connectivity index (χ3v) is 11.7. The van der Waals surface area contributed by atoms with Crippen molar-refractivity contribution in [3.8, 4) is 0 Å². The zero-order valence-electron chi connectivity index (χ0n) is 18.1. The number of hydrogen-bond donors (Lipinski definition) is 0. The second-order valence-corrected chi connectivity index (χ2v) is 14.2. The van der Waals surface area contributed by atoms with Crippen molar-refractivity contribution < 1.29 is 0 Å². The molecule has 1 aromatic carbocycles. The van der Waals surface area contributed by atoms with Gasteiger partial charge < -0.3 is 0 Å². The highest BCUT2D eigenvalue weighted by Gasteiger charge is 2.47. The van der Waals surface area contributed by atoms with Crippen LogP contribution in [-0.2, 0) is 0 Å². The van der Waals surface area contributed by atoms with Crippen molar-refractivity contribution in [3.05, 3.63) is 106 Å². The smallest absolute Gasteiger partial charge is 0.0717 e. The summed E-state index contributed by atoms with van der Waals surface area (Å²) in [6.07, 6.45) is 14.2. The third-order valence-electron chi connectivity index (χ3n) is 7.11. The van der Waals surface area contributed by atoms with Crippen molar-refractivity contribution in [1.82, 2.24) is 0 Å². The molecule has 0 bridgehead atoms. The standard InChI is InChI=1S/C27H32Si/c1-18-16-19(2)26(21(18)4)28(5,6)27-20(3)17-25-23(14-10-11-15-24(25)27)22-12-8-7-9-13-22/h7-17,23,26-27H,1-6H3. The van der Waals surface area contributed by atoms with E-state index in [1.807, 2.05) is 0 Å². The monoisotopic (exact) mass is 384 g/mol. The Morgan fingerprint density at radius 2 is 1.43 bits per heavy atom. The molecular weight excluding hydrogens is 352 g/mol. The first-order valence-electron chi connectivity index (χ1n) is 10.5. The van der Waals surface area contributed by atoms with Crippen molar-refractivity contribution in [2.24, 2.45) is 0 Å². The number of rotatable bonds is 3. The van der Waals surface area contributed by atoms with Crippen molar-refractivity contribution in [3.63, 3.8) is 0 Å². The predicted octanol–water partition coefficient (Wildman–Crippen LogP) is 7.90. The van der Waals surface area contributed by atoms with E-state index >= 15 is 0 Å². The molecule has 4 rings (SSSR count). The predicted molar refractivity (Wildman–Crippen MR) is 125 cm³/mol. The van der Waals surface area contributed by atoms with Crippen LogP contribution in [0.5, 0.6) is 0 Å². The van der Waals surface area contributed by atoms with Gasteiger partial charge >= 0.3 is 0 Å². The second-order valence-electron chi connectivity index (χ2n) is 9.37. The summed E-state index contributed by atoms with van der Waals surface area (Å²) in [4.78, 5) is 0. The maximum absolute atomic E-state index is 2.61. The van der Waals surface area contributed by atoms with E-state index in [2.05, 4.69) is 108 Å². The minimum atomic E-state index is -1.66. The molecular formula is C27H32Si. The van der Waals surface area contributed by atoms with Gasteiger partial charge in [-0.2, -0.15) is 0 Å². The van der Waals surface area contributed by atoms with E-state index in [-0.39, 0.29) is 0 Å². The summed E-state index contributed by atoms with van der Waals surface area (Å²) in [7, 11) is -1.66. The molecule has 144 valence electrons. The molecule has 3 aliphatic carbocycles. The Labute approximate surface area is 171 Å². The lowest BCUT2D eigenvalue weighted by atomic mass is 9.90. The largest absolute Gasteiger partial charge is 0.0726 e. The van der Waals surface area contributed by atoms with Gasteiger partial charge in [0.2, 0.25) is 0 Å². The summed E-state index contributed by atoms with van der Waals surface area (Å²) in [5.74, 6) is 0.356. The normalized spacial score (nSPS) is 27.1. The van der Waals surface area contributed by atoms with Crippen LogP contribution in [0.15, 0.2) is 100 Å². The van der Waals surface area contributed by atoms with Gasteiger partial charge in [0.05, 0.1) is 8.07 Å². The lowest BCUT2D eigenvalue weighted by Crippen LogP contribution is -2.39. The Morgan fingerprint density at radius 1 is 0.750 bits per heavy atom. The zero-order chi connectivity index (χ0) is 20.1. The summed E-state index contributed by atoms with van der Waals surface area (Å²) in [6, 6.07) is 11.0. The molecule has 28 heavy (non-hydrogen) atoms. The van der Waals surface area contributed by atoms with Crippen molar-refractivity contribution in [2.45, 2.75) is 57.8 Å². The number of hydrogen-bond acceptors (Lipinski definition) is 0. The first kappa shape index (κ1) is 19.2. The van der Waals surface area contributed by atoms with Crippen molar-refractivity contribution >= 4 is 8.07 Å². The van der Waals surface area contributed by atoms with Crippen LogP contribution in [0.25, 0.3) is 0 Å².